The minimum Gasteiger partial charge on any atom is -0.399 e. The zero-order valence-electron chi connectivity index (χ0n) is 11.0. The fourth-order valence-electron chi connectivity index (χ4n) is 2.04. The Balaban J connectivity index is 2.06. The molecule has 2 aromatic rings. The van der Waals surface area contributed by atoms with Crippen molar-refractivity contribution in [1.29, 1.82) is 0 Å². The number of nitrogens with two attached hydrogens (primary N) is 1. The van der Waals surface area contributed by atoms with E-state index in [1.165, 1.54) is 5.56 Å². The van der Waals surface area contributed by atoms with E-state index in [9.17, 15) is 0 Å². The number of nitrogen functional groups attached to an aromatic ring is 1. The number of pyridine rings is 1. The molecule has 0 atom stereocenters. The lowest BCUT2D eigenvalue weighted by atomic mass is 10.2. The molecular formula is C16H19N3. The normalized spacial score (nSPS) is 10.6. The van der Waals surface area contributed by atoms with E-state index in [0.29, 0.717) is 0 Å². The number of rotatable bonds is 6. The van der Waals surface area contributed by atoms with Crippen molar-refractivity contribution in [3.05, 3.63) is 72.6 Å². The van der Waals surface area contributed by atoms with Gasteiger partial charge in [-0.15, -0.1) is 6.58 Å². The molecule has 1 aromatic heterocycles. The molecule has 3 nitrogen and oxygen atoms in total. The van der Waals surface area contributed by atoms with E-state index in [1.807, 2.05) is 48.7 Å². The summed E-state index contributed by atoms with van der Waals surface area (Å²) in [6.07, 6.45) is 3.73. The first-order valence-corrected chi connectivity index (χ1v) is 6.35. The molecule has 0 fully saturated rings. The van der Waals surface area contributed by atoms with Crippen LogP contribution >= 0.6 is 0 Å². The Morgan fingerprint density at radius 2 is 2.05 bits per heavy atom. The van der Waals surface area contributed by atoms with Crippen LogP contribution in [-0.2, 0) is 13.1 Å². The molecule has 0 amide bonds. The average molecular weight is 253 g/mol. The van der Waals surface area contributed by atoms with E-state index in [0.717, 1.165) is 31.0 Å². The van der Waals surface area contributed by atoms with E-state index >= 15 is 0 Å². The third kappa shape index (κ3) is 4.23. The highest BCUT2D eigenvalue weighted by Crippen LogP contribution is 2.11. The smallest absolute Gasteiger partial charge is 0.0544 e. The Morgan fingerprint density at radius 1 is 1.16 bits per heavy atom. The first kappa shape index (κ1) is 13.3. The molecule has 0 radical (unpaired) electrons. The number of nitrogens with zero attached hydrogens (tertiary/aromatic N) is 2. The quantitative estimate of drug-likeness (QED) is 0.636. The van der Waals surface area contributed by atoms with Gasteiger partial charge in [-0.2, -0.15) is 0 Å². The van der Waals surface area contributed by atoms with Crippen molar-refractivity contribution in [3.8, 4) is 0 Å². The monoisotopic (exact) mass is 253 g/mol. The van der Waals surface area contributed by atoms with Gasteiger partial charge in [-0.25, -0.2) is 0 Å². The van der Waals surface area contributed by atoms with Crippen LogP contribution in [-0.4, -0.2) is 16.4 Å². The maximum absolute atomic E-state index is 5.81. The highest BCUT2D eigenvalue weighted by atomic mass is 15.1. The second kappa shape index (κ2) is 6.71. The van der Waals surface area contributed by atoms with Gasteiger partial charge in [-0.05, 0) is 29.8 Å². The summed E-state index contributed by atoms with van der Waals surface area (Å²) in [4.78, 5) is 6.64. The van der Waals surface area contributed by atoms with E-state index in [4.69, 9.17) is 5.73 Å². The molecule has 2 N–H and O–H groups in total. The number of hydrogen-bond donors (Lipinski definition) is 1. The second-order valence-corrected chi connectivity index (χ2v) is 4.52. The molecule has 0 aliphatic carbocycles. The number of anilines is 1. The predicted molar refractivity (Wildman–Crippen MR) is 79.4 cm³/mol. The van der Waals surface area contributed by atoms with Crippen molar-refractivity contribution < 1.29 is 0 Å². The minimum absolute atomic E-state index is 0.800. The van der Waals surface area contributed by atoms with Crippen molar-refractivity contribution in [3.63, 3.8) is 0 Å². The van der Waals surface area contributed by atoms with E-state index in [2.05, 4.69) is 22.5 Å². The molecule has 98 valence electrons. The molecule has 0 aliphatic heterocycles. The standard InChI is InChI=1S/C16H19N3/c1-2-10-19(13-16-8-3-4-9-18-16)12-14-6-5-7-15(17)11-14/h2-9,11H,1,10,12-13,17H2. The lowest BCUT2D eigenvalue weighted by Crippen LogP contribution is -2.23. The predicted octanol–water partition coefficient (Wildman–Crippen LogP) is 2.85. The second-order valence-electron chi connectivity index (χ2n) is 4.52. The van der Waals surface area contributed by atoms with Crippen LogP contribution in [0.3, 0.4) is 0 Å². The summed E-state index contributed by atoms with van der Waals surface area (Å²) in [7, 11) is 0. The van der Waals surface area contributed by atoms with Crippen LogP contribution in [0.15, 0.2) is 61.3 Å². The summed E-state index contributed by atoms with van der Waals surface area (Å²) in [5, 5.41) is 0. The summed E-state index contributed by atoms with van der Waals surface area (Å²) >= 11 is 0. The Bertz CT molecular complexity index is 523. The third-order valence-corrected chi connectivity index (χ3v) is 2.86. The summed E-state index contributed by atoms with van der Waals surface area (Å²) < 4.78 is 0. The summed E-state index contributed by atoms with van der Waals surface area (Å²) in [5.74, 6) is 0. The van der Waals surface area contributed by atoms with E-state index in [-0.39, 0.29) is 0 Å². The van der Waals surface area contributed by atoms with Crippen LogP contribution in [0.5, 0.6) is 0 Å². The molecule has 1 aromatic carbocycles. The molecule has 19 heavy (non-hydrogen) atoms. The summed E-state index contributed by atoms with van der Waals surface area (Å²) in [6, 6.07) is 14.0. The number of benzene rings is 1. The highest BCUT2D eigenvalue weighted by molar-refractivity contribution is 5.40. The van der Waals surface area contributed by atoms with Gasteiger partial charge in [0.05, 0.1) is 5.69 Å². The van der Waals surface area contributed by atoms with Crippen LogP contribution in [0.1, 0.15) is 11.3 Å². The fourth-order valence-corrected chi connectivity index (χ4v) is 2.04. The van der Waals surface area contributed by atoms with Crippen LogP contribution < -0.4 is 5.73 Å². The molecule has 0 aliphatic rings. The third-order valence-electron chi connectivity index (χ3n) is 2.86. The molecular weight excluding hydrogens is 234 g/mol. The largest absolute Gasteiger partial charge is 0.399 e. The molecule has 0 bridgehead atoms. The summed E-state index contributed by atoms with van der Waals surface area (Å²) in [5.41, 5.74) is 8.88. The van der Waals surface area contributed by atoms with E-state index in [1.54, 1.807) is 0 Å². The van der Waals surface area contributed by atoms with Gasteiger partial charge < -0.3 is 5.73 Å². The molecule has 0 spiro atoms. The van der Waals surface area contributed by atoms with Crippen LogP contribution in [0.2, 0.25) is 0 Å². The summed E-state index contributed by atoms with van der Waals surface area (Å²) in [6.45, 7) is 6.29. The molecule has 0 unspecified atom stereocenters. The molecule has 0 saturated heterocycles. The first-order valence-electron chi connectivity index (χ1n) is 6.35. The van der Waals surface area contributed by atoms with Gasteiger partial charge in [0.25, 0.3) is 0 Å². The van der Waals surface area contributed by atoms with Crippen molar-refractivity contribution in [2.24, 2.45) is 0 Å². The minimum atomic E-state index is 0.800. The number of aromatic nitrogens is 1. The Hall–Kier alpha value is -2.13. The average Bonchev–Trinajstić information content (AvgIpc) is 2.40. The van der Waals surface area contributed by atoms with Crippen LogP contribution in [0, 0.1) is 0 Å². The first-order chi connectivity index (χ1) is 9.28. The maximum Gasteiger partial charge on any atom is 0.0544 e. The highest BCUT2D eigenvalue weighted by Gasteiger charge is 2.06. The van der Waals surface area contributed by atoms with Gasteiger partial charge in [0.1, 0.15) is 0 Å². The van der Waals surface area contributed by atoms with Gasteiger partial charge in [-0.3, -0.25) is 9.88 Å². The maximum atomic E-state index is 5.81. The molecule has 1 heterocycles. The van der Waals surface area contributed by atoms with Gasteiger partial charge in [-0.1, -0.05) is 24.3 Å². The van der Waals surface area contributed by atoms with Gasteiger partial charge in [0.2, 0.25) is 0 Å². The zero-order chi connectivity index (χ0) is 13.5. The molecule has 2 rings (SSSR count). The van der Waals surface area contributed by atoms with Crippen LogP contribution in [0.4, 0.5) is 5.69 Å². The van der Waals surface area contributed by atoms with Crippen molar-refractivity contribution in [2.45, 2.75) is 13.1 Å². The Morgan fingerprint density at radius 3 is 2.74 bits per heavy atom. The van der Waals surface area contributed by atoms with Crippen molar-refractivity contribution in [2.75, 3.05) is 12.3 Å². The lowest BCUT2D eigenvalue weighted by molar-refractivity contribution is 0.282. The van der Waals surface area contributed by atoms with E-state index < -0.39 is 0 Å². The topological polar surface area (TPSA) is 42.1 Å². The van der Waals surface area contributed by atoms with Crippen LogP contribution in [0.25, 0.3) is 0 Å². The lowest BCUT2D eigenvalue weighted by Gasteiger charge is -2.20. The zero-order valence-corrected chi connectivity index (χ0v) is 11.0. The SMILES string of the molecule is C=CCN(Cc1cccc(N)c1)Cc1ccccn1. The Labute approximate surface area is 114 Å². The molecule has 0 saturated carbocycles. The Kier molecular flexibility index (Phi) is 4.70. The molecule has 3 heteroatoms. The number of hydrogen-bond acceptors (Lipinski definition) is 3. The van der Waals surface area contributed by atoms with Crippen molar-refractivity contribution in [1.82, 2.24) is 9.88 Å². The van der Waals surface area contributed by atoms with Gasteiger partial charge in [0, 0.05) is 31.5 Å². The van der Waals surface area contributed by atoms with Crippen molar-refractivity contribution >= 4 is 5.69 Å². The van der Waals surface area contributed by atoms with Gasteiger partial charge in [0.15, 0.2) is 0 Å². The fraction of sp³-hybridized carbons (Fsp3) is 0.188. The van der Waals surface area contributed by atoms with Gasteiger partial charge >= 0.3 is 0 Å².